The first kappa shape index (κ1) is 23.3. The fraction of sp³-hybridized carbons (Fsp3) is 0.652. The molecule has 0 atom stereocenters. The molecule has 0 radical (unpaired) electrons. The number of halogens is 1. The fourth-order valence-corrected chi connectivity index (χ4v) is 4.09. The minimum Gasteiger partial charge on any atom is -0.357 e. The van der Waals surface area contributed by atoms with Gasteiger partial charge in [-0.3, -0.25) is 14.7 Å². The number of nitrogens with one attached hydrogen (secondary N) is 2. The van der Waals surface area contributed by atoms with Crippen molar-refractivity contribution in [1.29, 1.82) is 0 Å². The average Bonchev–Trinajstić information content (AvgIpc) is 3.65. The number of carbonyl (C=O) groups is 1. The molecule has 2 saturated carbocycles. The van der Waals surface area contributed by atoms with E-state index in [0.29, 0.717) is 18.0 Å². The molecule has 7 heteroatoms. The summed E-state index contributed by atoms with van der Waals surface area (Å²) in [6.07, 6.45) is 5.96. The molecule has 0 bridgehead atoms. The molecule has 2 N–H and O–H groups in total. The lowest BCUT2D eigenvalue weighted by Crippen LogP contribution is -2.54. The van der Waals surface area contributed by atoms with Crippen LogP contribution in [0.2, 0.25) is 0 Å². The van der Waals surface area contributed by atoms with Crippen molar-refractivity contribution in [2.45, 2.75) is 45.1 Å². The highest BCUT2D eigenvalue weighted by molar-refractivity contribution is 14.0. The van der Waals surface area contributed by atoms with Gasteiger partial charge in [-0.05, 0) is 50.0 Å². The number of rotatable bonds is 8. The van der Waals surface area contributed by atoms with Crippen LogP contribution in [0.25, 0.3) is 0 Å². The monoisotopic (exact) mass is 525 g/mol. The van der Waals surface area contributed by atoms with Crippen molar-refractivity contribution < 1.29 is 4.79 Å². The molecule has 3 fully saturated rings. The summed E-state index contributed by atoms with van der Waals surface area (Å²) < 4.78 is 0. The van der Waals surface area contributed by atoms with Crippen molar-refractivity contribution in [2.24, 2.45) is 10.4 Å². The van der Waals surface area contributed by atoms with Gasteiger partial charge in [0.15, 0.2) is 5.96 Å². The van der Waals surface area contributed by atoms with Gasteiger partial charge < -0.3 is 15.5 Å². The predicted octanol–water partition coefficient (Wildman–Crippen LogP) is 2.49. The molecule has 3 aliphatic rings. The summed E-state index contributed by atoms with van der Waals surface area (Å²) in [5, 5.41) is 6.57. The van der Waals surface area contributed by atoms with Gasteiger partial charge in [0.2, 0.25) is 5.91 Å². The Bertz CT molecular complexity index is 710. The quantitative estimate of drug-likeness (QED) is 0.311. The maximum absolute atomic E-state index is 12.0. The van der Waals surface area contributed by atoms with Crippen molar-refractivity contribution in [3.63, 3.8) is 0 Å². The normalized spacial score (nSPS) is 21.0. The molecule has 0 spiro atoms. The van der Waals surface area contributed by atoms with Crippen LogP contribution >= 0.6 is 24.0 Å². The number of amides is 1. The van der Waals surface area contributed by atoms with Gasteiger partial charge in [-0.25, -0.2) is 0 Å². The molecule has 6 nitrogen and oxygen atoms in total. The molecule has 1 saturated heterocycles. The molecule has 1 amide bonds. The van der Waals surface area contributed by atoms with Gasteiger partial charge in [-0.2, -0.15) is 0 Å². The highest BCUT2D eigenvalue weighted by Gasteiger charge is 2.42. The molecular weight excluding hydrogens is 489 g/mol. The van der Waals surface area contributed by atoms with Crippen molar-refractivity contribution in [3.05, 3.63) is 35.9 Å². The van der Waals surface area contributed by atoms with E-state index in [2.05, 4.69) is 57.7 Å². The maximum atomic E-state index is 12.0. The van der Waals surface area contributed by atoms with Gasteiger partial charge in [0.1, 0.15) is 0 Å². The summed E-state index contributed by atoms with van der Waals surface area (Å²) >= 11 is 0. The third kappa shape index (κ3) is 6.83. The summed E-state index contributed by atoms with van der Waals surface area (Å²) in [7, 11) is 0. The first-order chi connectivity index (χ1) is 14.2. The van der Waals surface area contributed by atoms with E-state index in [0.717, 1.165) is 64.5 Å². The molecule has 30 heavy (non-hydrogen) atoms. The van der Waals surface area contributed by atoms with E-state index in [1.807, 2.05) is 0 Å². The van der Waals surface area contributed by atoms with Crippen molar-refractivity contribution in [2.75, 3.05) is 45.8 Å². The molecule has 166 valence electrons. The van der Waals surface area contributed by atoms with Crippen LogP contribution in [-0.2, 0) is 11.2 Å². The second-order valence-electron chi connectivity index (χ2n) is 8.94. The zero-order chi connectivity index (χ0) is 20.1. The number of aliphatic imine (C=N–C) groups is 1. The summed E-state index contributed by atoms with van der Waals surface area (Å²) in [5.41, 5.74) is 1.77. The Balaban J connectivity index is 0.00000256. The van der Waals surface area contributed by atoms with Gasteiger partial charge in [-0.1, -0.05) is 30.3 Å². The van der Waals surface area contributed by atoms with Gasteiger partial charge in [-0.15, -0.1) is 24.0 Å². The largest absolute Gasteiger partial charge is 0.357 e. The number of piperazine rings is 1. The molecule has 1 aromatic carbocycles. The smallest absolute Gasteiger partial charge is 0.234 e. The minimum atomic E-state index is 0. The first-order valence-corrected chi connectivity index (χ1v) is 11.2. The number of benzene rings is 1. The lowest BCUT2D eigenvalue weighted by atomic mass is 9.97. The molecule has 1 aliphatic heterocycles. The van der Waals surface area contributed by atoms with Crippen LogP contribution in [0.1, 0.15) is 38.2 Å². The summed E-state index contributed by atoms with van der Waals surface area (Å²) in [6.45, 7) is 8.11. The third-order valence-electron chi connectivity index (χ3n) is 6.26. The van der Waals surface area contributed by atoms with Crippen LogP contribution in [0.15, 0.2) is 35.3 Å². The second kappa shape index (κ2) is 10.8. The standard InChI is InChI=1S/C23H35N5O.HI/c1-2-24-22(25-18-23(10-11-23)16-19-6-4-3-5-7-19)28-14-12-27(13-15-28)17-21(29)26-20-8-9-20;/h3-7,20H,2,8-18H2,1H3,(H,24,25)(H,26,29);1H. The second-order valence-corrected chi connectivity index (χ2v) is 8.94. The van der Waals surface area contributed by atoms with Crippen LogP contribution in [0.4, 0.5) is 0 Å². The first-order valence-electron chi connectivity index (χ1n) is 11.2. The molecule has 0 unspecified atom stereocenters. The topological polar surface area (TPSA) is 60.0 Å². The predicted molar refractivity (Wildman–Crippen MR) is 132 cm³/mol. The molecule has 1 heterocycles. The number of hydrogen-bond donors (Lipinski definition) is 2. The van der Waals surface area contributed by atoms with E-state index in [1.54, 1.807) is 0 Å². The van der Waals surface area contributed by atoms with E-state index >= 15 is 0 Å². The number of guanidine groups is 1. The molecular formula is C23H36IN5O. The Labute approximate surface area is 197 Å². The highest BCUT2D eigenvalue weighted by atomic mass is 127. The molecule has 1 aromatic rings. The SMILES string of the molecule is CCNC(=NCC1(Cc2ccccc2)CC1)N1CCN(CC(=O)NC2CC2)CC1.I. The number of carbonyl (C=O) groups excluding carboxylic acids is 1. The molecule has 0 aromatic heterocycles. The van der Waals surface area contributed by atoms with E-state index in [9.17, 15) is 4.79 Å². The zero-order valence-corrected chi connectivity index (χ0v) is 20.4. The Morgan fingerprint density at radius 1 is 1.13 bits per heavy atom. The highest BCUT2D eigenvalue weighted by Crippen LogP contribution is 2.48. The Kier molecular flexibility index (Phi) is 8.39. The van der Waals surface area contributed by atoms with Gasteiger partial charge in [0.05, 0.1) is 6.54 Å². The fourth-order valence-electron chi connectivity index (χ4n) is 4.09. The summed E-state index contributed by atoms with van der Waals surface area (Å²) in [4.78, 5) is 21.7. The number of hydrogen-bond acceptors (Lipinski definition) is 3. The van der Waals surface area contributed by atoms with E-state index in [-0.39, 0.29) is 29.9 Å². The molecule has 2 aliphatic carbocycles. The van der Waals surface area contributed by atoms with Gasteiger partial charge in [0, 0.05) is 45.3 Å². The lowest BCUT2D eigenvalue weighted by molar-refractivity contribution is -0.122. The maximum Gasteiger partial charge on any atom is 0.234 e. The van der Waals surface area contributed by atoms with Gasteiger partial charge >= 0.3 is 0 Å². The summed E-state index contributed by atoms with van der Waals surface area (Å²) in [6, 6.07) is 11.2. The van der Waals surface area contributed by atoms with Crippen LogP contribution < -0.4 is 10.6 Å². The van der Waals surface area contributed by atoms with E-state index in [4.69, 9.17) is 4.99 Å². The molecule has 4 rings (SSSR count). The van der Waals surface area contributed by atoms with Crippen LogP contribution in [0, 0.1) is 5.41 Å². The zero-order valence-electron chi connectivity index (χ0n) is 18.1. The Morgan fingerprint density at radius 2 is 1.83 bits per heavy atom. The average molecular weight is 525 g/mol. The van der Waals surface area contributed by atoms with Crippen molar-refractivity contribution in [1.82, 2.24) is 20.4 Å². The minimum absolute atomic E-state index is 0. The van der Waals surface area contributed by atoms with Crippen LogP contribution in [-0.4, -0.2) is 73.5 Å². The Morgan fingerprint density at radius 3 is 2.43 bits per heavy atom. The van der Waals surface area contributed by atoms with Crippen LogP contribution in [0.5, 0.6) is 0 Å². The number of nitrogens with zero attached hydrogens (tertiary/aromatic N) is 3. The summed E-state index contributed by atoms with van der Waals surface area (Å²) in [5.74, 6) is 1.21. The third-order valence-corrected chi connectivity index (χ3v) is 6.26. The lowest BCUT2D eigenvalue weighted by Gasteiger charge is -2.36. The van der Waals surface area contributed by atoms with E-state index < -0.39 is 0 Å². The van der Waals surface area contributed by atoms with Crippen molar-refractivity contribution in [3.8, 4) is 0 Å². The van der Waals surface area contributed by atoms with Crippen molar-refractivity contribution >= 4 is 35.8 Å². The van der Waals surface area contributed by atoms with E-state index in [1.165, 1.54) is 18.4 Å². The van der Waals surface area contributed by atoms with Crippen LogP contribution in [0.3, 0.4) is 0 Å². The van der Waals surface area contributed by atoms with Gasteiger partial charge in [0.25, 0.3) is 0 Å². The Hall–Kier alpha value is -1.35.